The summed E-state index contributed by atoms with van der Waals surface area (Å²) >= 11 is 0. The summed E-state index contributed by atoms with van der Waals surface area (Å²) in [5, 5.41) is 3.03. The zero-order chi connectivity index (χ0) is 12.8. The summed E-state index contributed by atoms with van der Waals surface area (Å²) in [7, 11) is 0. The van der Waals surface area contributed by atoms with E-state index in [-0.39, 0.29) is 11.9 Å². The third kappa shape index (κ3) is 5.03. The van der Waals surface area contributed by atoms with Crippen LogP contribution in [0.3, 0.4) is 0 Å². The molecule has 17 heavy (non-hydrogen) atoms. The molecule has 94 valence electrons. The van der Waals surface area contributed by atoms with Crippen molar-refractivity contribution in [2.24, 2.45) is 5.92 Å². The van der Waals surface area contributed by atoms with Crippen LogP contribution in [-0.2, 0) is 0 Å². The fourth-order valence-electron chi connectivity index (χ4n) is 1.67. The smallest absolute Gasteiger partial charge is 0.251 e. The minimum atomic E-state index is 0.0289. The standard InChI is InChI=1S/C15H23NO/c1-11(2)5-8-13(4)16-15(17)14-9-6-12(3)7-10-14/h6-7,9-11,13H,5,8H2,1-4H3,(H,16,17). The highest BCUT2D eigenvalue weighted by molar-refractivity contribution is 5.94. The number of hydrogen-bond donors (Lipinski definition) is 1. The van der Waals surface area contributed by atoms with Crippen molar-refractivity contribution in [1.29, 1.82) is 0 Å². The Morgan fingerprint density at radius 3 is 2.24 bits per heavy atom. The molecule has 1 atom stereocenters. The predicted octanol–water partition coefficient (Wildman–Crippen LogP) is 3.55. The summed E-state index contributed by atoms with van der Waals surface area (Å²) in [6, 6.07) is 7.92. The van der Waals surface area contributed by atoms with Crippen LogP contribution in [0.1, 0.15) is 49.5 Å². The van der Waals surface area contributed by atoms with Gasteiger partial charge in [-0.25, -0.2) is 0 Å². The van der Waals surface area contributed by atoms with Crippen molar-refractivity contribution in [3.05, 3.63) is 35.4 Å². The van der Waals surface area contributed by atoms with E-state index in [2.05, 4.69) is 26.1 Å². The van der Waals surface area contributed by atoms with Crippen molar-refractivity contribution in [2.75, 3.05) is 0 Å². The van der Waals surface area contributed by atoms with Crippen LogP contribution in [0.4, 0.5) is 0 Å². The first-order valence-electron chi connectivity index (χ1n) is 6.36. The van der Waals surface area contributed by atoms with Crippen molar-refractivity contribution in [3.8, 4) is 0 Å². The molecule has 0 spiro atoms. The quantitative estimate of drug-likeness (QED) is 0.828. The summed E-state index contributed by atoms with van der Waals surface area (Å²) in [5.74, 6) is 0.718. The Bertz CT molecular complexity index is 354. The number of aryl methyl sites for hydroxylation is 1. The molecule has 1 aromatic rings. The molecule has 1 rings (SSSR count). The van der Waals surface area contributed by atoms with Crippen LogP contribution in [0.2, 0.25) is 0 Å². The second-order valence-corrected chi connectivity index (χ2v) is 5.21. The van der Waals surface area contributed by atoms with Crippen LogP contribution in [-0.4, -0.2) is 11.9 Å². The lowest BCUT2D eigenvalue weighted by Gasteiger charge is -2.15. The van der Waals surface area contributed by atoms with Crippen LogP contribution >= 0.6 is 0 Å². The first kappa shape index (κ1) is 13.8. The van der Waals surface area contributed by atoms with Gasteiger partial charge in [-0.15, -0.1) is 0 Å². The van der Waals surface area contributed by atoms with E-state index in [0.29, 0.717) is 5.92 Å². The number of nitrogens with one attached hydrogen (secondary N) is 1. The van der Waals surface area contributed by atoms with Crippen LogP contribution in [0.25, 0.3) is 0 Å². The minimum Gasteiger partial charge on any atom is -0.350 e. The van der Waals surface area contributed by atoms with E-state index in [1.165, 1.54) is 5.56 Å². The Hall–Kier alpha value is -1.31. The van der Waals surface area contributed by atoms with Gasteiger partial charge in [0.1, 0.15) is 0 Å². The highest BCUT2D eigenvalue weighted by Gasteiger charge is 2.09. The SMILES string of the molecule is Cc1ccc(C(=O)NC(C)CCC(C)C)cc1. The number of rotatable bonds is 5. The van der Waals surface area contributed by atoms with E-state index < -0.39 is 0 Å². The van der Waals surface area contributed by atoms with Crippen LogP contribution in [0.15, 0.2) is 24.3 Å². The normalized spacial score (nSPS) is 12.5. The Balaban J connectivity index is 2.46. The Morgan fingerprint density at radius 1 is 1.12 bits per heavy atom. The van der Waals surface area contributed by atoms with Gasteiger partial charge < -0.3 is 5.32 Å². The van der Waals surface area contributed by atoms with Gasteiger partial charge in [0.2, 0.25) is 0 Å². The zero-order valence-electron chi connectivity index (χ0n) is 11.3. The van der Waals surface area contributed by atoms with E-state index in [1.807, 2.05) is 31.2 Å². The molecule has 0 saturated heterocycles. The van der Waals surface area contributed by atoms with Crippen molar-refractivity contribution in [1.82, 2.24) is 5.32 Å². The van der Waals surface area contributed by atoms with Gasteiger partial charge in [-0.05, 0) is 44.7 Å². The molecule has 2 heteroatoms. The molecule has 1 unspecified atom stereocenters. The maximum absolute atomic E-state index is 11.9. The van der Waals surface area contributed by atoms with Crippen molar-refractivity contribution in [2.45, 2.75) is 46.6 Å². The maximum atomic E-state index is 11.9. The van der Waals surface area contributed by atoms with Gasteiger partial charge >= 0.3 is 0 Å². The van der Waals surface area contributed by atoms with Gasteiger partial charge in [0, 0.05) is 11.6 Å². The highest BCUT2D eigenvalue weighted by atomic mass is 16.1. The first-order chi connectivity index (χ1) is 7.99. The molecule has 0 saturated carbocycles. The van der Waals surface area contributed by atoms with Crippen LogP contribution < -0.4 is 5.32 Å². The highest BCUT2D eigenvalue weighted by Crippen LogP contribution is 2.08. The molecule has 1 amide bonds. The molecule has 0 aliphatic heterocycles. The molecule has 0 radical (unpaired) electrons. The van der Waals surface area contributed by atoms with Crippen molar-refractivity contribution in [3.63, 3.8) is 0 Å². The van der Waals surface area contributed by atoms with Gasteiger partial charge in [0.15, 0.2) is 0 Å². The van der Waals surface area contributed by atoms with Gasteiger partial charge in [0.25, 0.3) is 5.91 Å². The van der Waals surface area contributed by atoms with Crippen LogP contribution in [0, 0.1) is 12.8 Å². The summed E-state index contributed by atoms with van der Waals surface area (Å²) in [4.78, 5) is 11.9. The minimum absolute atomic E-state index is 0.0289. The molecule has 1 aromatic carbocycles. The lowest BCUT2D eigenvalue weighted by molar-refractivity contribution is 0.0937. The topological polar surface area (TPSA) is 29.1 Å². The fraction of sp³-hybridized carbons (Fsp3) is 0.533. The number of hydrogen-bond acceptors (Lipinski definition) is 1. The average Bonchev–Trinajstić information content (AvgIpc) is 2.27. The third-order valence-corrected chi connectivity index (χ3v) is 2.87. The first-order valence-corrected chi connectivity index (χ1v) is 6.36. The summed E-state index contributed by atoms with van der Waals surface area (Å²) in [6.45, 7) is 8.49. The number of carbonyl (C=O) groups excluding carboxylic acids is 1. The molecule has 1 N–H and O–H groups in total. The Morgan fingerprint density at radius 2 is 1.71 bits per heavy atom. The van der Waals surface area contributed by atoms with Gasteiger partial charge in [-0.2, -0.15) is 0 Å². The lowest BCUT2D eigenvalue weighted by Crippen LogP contribution is -2.32. The van der Waals surface area contributed by atoms with E-state index in [9.17, 15) is 4.79 Å². The molecule has 0 bridgehead atoms. The second kappa shape index (κ2) is 6.43. The molecular formula is C15H23NO. The summed E-state index contributed by atoms with van der Waals surface area (Å²) in [6.07, 6.45) is 2.19. The monoisotopic (exact) mass is 233 g/mol. The van der Waals surface area contributed by atoms with Gasteiger partial charge in [-0.3, -0.25) is 4.79 Å². The van der Waals surface area contributed by atoms with Crippen molar-refractivity contribution < 1.29 is 4.79 Å². The Labute approximate surface area is 104 Å². The van der Waals surface area contributed by atoms with E-state index in [1.54, 1.807) is 0 Å². The predicted molar refractivity (Wildman–Crippen MR) is 72.2 cm³/mol. The molecule has 0 aliphatic carbocycles. The van der Waals surface area contributed by atoms with Crippen LogP contribution in [0.5, 0.6) is 0 Å². The second-order valence-electron chi connectivity index (χ2n) is 5.21. The van der Waals surface area contributed by atoms with E-state index >= 15 is 0 Å². The van der Waals surface area contributed by atoms with E-state index in [4.69, 9.17) is 0 Å². The molecular weight excluding hydrogens is 210 g/mol. The number of benzene rings is 1. The zero-order valence-corrected chi connectivity index (χ0v) is 11.3. The summed E-state index contributed by atoms with van der Waals surface area (Å²) in [5.41, 5.74) is 1.92. The molecule has 0 heterocycles. The van der Waals surface area contributed by atoms with Gasteiger partial charge in [-0.1, -0.05) is 31.5 Å². The largest absolute Gasteiger partial charge is 0.350 e. The third-order valence-electron chi connectivity index (χ3n) is 2.87. The van der Waals surface area contributed by atoms with E-state index in [0.717, 1.165) is 18.4 Å². The summed E-state index contributed by atoms with van der Waals surface area (Å²) < 4.78 is 0. The fourth-order valence-corrected chi connectivity index (χ4v) is 1.67. The maximum Gasteiger partial charge on any atom is 0.251 e. The Kier molecular flexibility index (Phi) is 5.20. The molecule has 0 fully saturated rings. The number of carbonyl (C=O) groups is 1. The average molecular weight is 233 g/mol. The van der Waals surface area contributed by atoms with Gasteiger partial charge in [0.05, 0.1) is 0 Å². The molecule has 2 nitrogen and oxygen atoms in total. The number of amides is 1. The molecule has 0 aliphatic rings. The molecule has 0 aromatic heterocycles. The van der Waals surface area contributed by atoms with Crippen molar-refractivity contribution >= 4 is 5.91 Å². The lowest BCUT2D eigenvalue weighted by atomic mass is 10.0.